The number of benzene rings is 2. The largest absolute Gasteiger partial charge is 0.494 e. The van der Waals surface area contributed by atoms with Gasteiger partial charge < -0.3 is 10.5 Å². The van der Waals surface area contributed by atoms with Crippen molar-refractivity contribution in [3.8, 4) is 5.75 Å². The van der Waals surface area contributed by atoms with Crippen molar-refractivity contribution in [1.29, 1.82) is 0 Å². The lowest BCUT2D eigenvalue weighted by Gasteiger charge is -2.17. The van der Waals surface area contributed by atoms with Crippen LogP contribution in [0.15, 0.2) is 40.9 Å². The van der Waals surface area contributed by atoms with Gasteiger partial charge in [0.15, 0.2) is 11.6 Å². The van der Waals surface area contributed by atoms with Gasteiger partial charge in [-0.2, -0.15) is 0 Å². The van der Waals surface area contributed by atoms with E-state index in [9.17, 15) is 8.78 Å². The fraction of sp³-hybridized carbons (Fsp3) is 0.250. The first-order valence-electron chi connectivity index (χ1n) is 6.63. The smallest absolute Gasteiger partial charge is 0.162 e. The summed E-state index contributed by atoms with van der Waals surface area (Å²) in [7, 11) is 0. The summed E-state index contributed by atoms with van der Waals surface area (Å²) in [5.41, 5.74) is 7.17. The van der Waals surface area contributed by atoms with E-state index in [0.29, 0.717) is 12.4 Å². The molecule has 0 amide bonds. The van der Waals surface area contributed by atoms with Crippen LogP contribution >= 0.6 is 15.9 Å². The maximum atomic E-state index is 13.7. The number of ether oxygens (including phenoxy) is 1. The molecular formula is C16H16BrF2NO. The molecule has 1 atom stereocenters. The van der Waals surface area contributed by atoms with Crippen LogP contribution in [0, 0.1) is 11.6 Å². The highest BCUT2D eigenvalue weighted by Gasteiger charge is 2.17. The van der Waals surface area contributed by atoms with E-state index in [1.165, 1.54) is 12.1 Å². The Balaban J connectivity index is 2.29. The van der Waals surface area contributed by atoms with Gasteiger partial charge in [0.1, 0.15) is 5.75 Å². The van der Waals surface area contributed by atoms with Crippen molar-refractivity contribution < 1.29 is 13.5 Å². The molecule has 0 saturated heterocycles. The first-order chi connectivity index (χ1) is 10.0. The van der Waals surface area contributed by atoms with Crippen LogP contribution in [0.2, 0.25) is 0 Å². The molecule has 0 fully saturated rings. The lowest BCUT2D eigenvalue weighted by molar-refractivity contribution is 0.334. The van der Waals surface area contributed by atoms with E-state index < -0.39 is 17.7 Å². The van der Waals surface area contributed by atoms with E-state index in [1.54, 1.807) is 0 Å². The van der Waals surface area contributed by atoms with Crippen molar-refractivity contribution in [2.24, 2.45) is 5.73 Å². The summed E-state index contributed by atoms with van der Waals surface area (Å²) in [4.78, 5) is 0. The van der Waals surface area contributed by atoms with Crippen LogP contribution in [-0.2, 0) is 6.42 Å². The second kappa shape index (κ2) is 7.00. The Labute approximate surface area is 131 Å². The van der Waals surface area contributed by atoms with Crippen LogP contribution in [0.5, 0.6) is 5.75 Å². The van der Waals surface area contributed by atoms with Crippen molar-refractivity contribution in [3.05, 3.63) is 63.6 Å². The van der Waals surface area contributed by atoms with Gasteiger partial charge in [0, 0.05) is 16.1 Å². The lowest BCUT2D eigenvalue weighted by atomic mass is 9.98. The lowest BCUT2D eigenvalue weighted by Crippen LogP contribution is -2.16. The zero-order chi connectivity index (χ0) is 15.4. The first kappa shape index (κ1) is 15.9. The predicted molar refractivity (Wildman–Crippen MR) is 82.3 cm³/mol. The van der Waals surface area contributed by atoms with Gasteiger partial charge in [-0.3, -0.25) is 0 Å². The third kappa shape index (κ3) is 3.80. The average molecular weight is 356 g/mol. The summed E-state index contributed by atoms with van der Waals surface area (Å²) in [6, 6.07) is 9.12. The number of nitrogens with two attached hydrogens (primary N) is 1. The van der Waals surface area contributed by atoms with Gasteiger partial charge >= 0.3 is 0 Å². The summed E-state index contributed by atoms with van der Waals surface area (Å²) >= 11 is 3.38. The van der Waals surface area contributed by atoms with Gasteiger partial charge in [-0.05, 0) is 43.2 Å². The van der Waals surface area contributed by atoms with Crippen LogP contribution in [0.1, 0.15) is 24.1 Å². The highest BCUT2D eigenvalue weighted by molar-refractivity contribution is 9.10. The van der Waals surface area contributed by atoms with E-state index in [0.717, 1.165) is 16.1 Å². The quantitative estimate of drug-likeness (QED) is 0.864. The fourth-order valence-corrected chi connectivity index (χ4v) is 2.53. The van der Waals surface area contributed by atoms with Crippen LogP contribution in [0.4, 0.5) is 8.78 Å². The molecule has 0 radical (unpaired) electrons. The number of halogens is 3. The molecule has 0 aliphatic carbocycles. The highest BCUT2D eigenvalue weighted by Crippen LogP contribution is 2.30. The molecule has 0 aliphatic heterocycles. The van der Waals surface area contributed by atoms with Crippen molar-refractivity contribution >= 4 is 15.9 Å². The van der Waals surface area contributed by atoms with E-state index in [4.69, 9.17) is 10.5 Å². The Morgan fingerprint density at radius 1 is 1.24 bits per heavy atom. The molecule has 0 spiro atoms. The molecule has 5 heteroatoms. The maximum absolute atomic E-state index is 13.7. The van der Waals surface area contributed by atoms with E-state index in [2.05, 4.69) is 15.9 Å². The van der Waals surface area contributed by atoms with Gasteiger partial charge in [0.25, 0.3) is 0 Å². The Morgan fingerprint density at radius 2 is 2.00 bits per heavy atom. The third-order valence-corrected chi connectivity index (χ3v) is 3.64. The second-order valence-electron chi connectivity index (χ2n) is 4.64. The van der Waals surface area contributed by atoms with Crippen LogP contribution in [-0.4, -0.2) is 6.61 Å². The van der Waals surface area contributed by atoms with Crippen molar-refractivity contribution in [3.63, 3.8) is 0 Å². The zero-order valence-corrected chi connectivity index (χ0v) is 13.2. The highest BCUT2D eigenvalue weighted by atomic mass is 79.9. The topological polar surface area (TPSA) is 35.2 Å². The molecule has 0 saturated carbocycles. The number of hydrogen-bond acceptors (Lipinski definition) is 2. The third-order valence-electron chi connectivity index (χ3n) is 3.14. The second-order valence-corrected chi connectivity index (χ2v) is 5.55. The molecule has 0 aromatic heterocycles. The van der Waals surface area contributed by atoms with Crippen molar-refractivity contribution in [1.82, 2.24) is 0 Å². The normalized spacial score (nSPS) is 12.2. The maximum Gasteiger partial charge on any atom is 0.162 e. The summed E-state index contributed by atoms with van der Waals surface area (Å²) in [6.07, 6.45) is 0.195. The minimum absolute atomic E-state index is 0.195. The Morgan fingerprint density at radius 3 is 2.71 bits per heavy atom. The summed E-state index contributed by atoms with van der Waals surface area (Å²) in [5.74, 6) is -1.05. The van der Waals surface area contributed by atoms with Crippen molar-refractivity contribution in [2.45, 2.75) is 19.4 Å². The van der Waals surface area contributed by atoms with Crippen LogP contribution < -0.4 is 10.5 Å². The summed E-state index contributed by atoms with van der Waals surface area (Å²) < 4.78 is 33.4. The molecule has 2 N–H and O–H groups in total. The molecule has 2 nitrogen and oxygen atoms in total. The number of hydrogen-bond donors (Lipinski definition) is 1. The standard InChI is InChI=1S/C16H16BrF2NO/c1-2-21-15-7-6-11(17)9-12(15)14(20)8-10-4-3-5-13(18)16(10)19/h3-7,9,14H,2,8,20H2,1H3. The van der Waals surface area contributed by atoms with Gasteiger partial charge in [0.05, 0.1) is 6.61 Å². The van der Waals surface area contributed by atoms with Crippen molar-refractivity contribution in [2.75, 3.05) is 6.61 Å². The number of rotatable bonds is 5. The van der Waals surface area contributed by atoms with E-state index >= 15 is 0 Å². The summed E-state index contributed by atoms with van der Waals surface area (Å²) in [6.45, 7) is 2.39. The molecule has 0 bridgehead atoms. The SMILES string of the molecule is CCOc1ccc(Br)cc1C(N)Cc1cccc(F)c1F. The van der Waals surface area contributed by atoms with Gasteiger partial charge in [-0.15, -0.1) is 0 Å². The zero-order valence-electron chi connectivity index (χ0n) is 11.6. The molecule has 21 heavy (non-hydrogen) atoms. The fourth-order valence-electron chi connectivity index (χ4n) is 2.15. The Hall–Kier alpha value is -1.46. The van der Waals surface area contributed by atoms with E-state index in [-0.39, 0.29) is 12.0 Å². The van der Waals surface area contributed by atoms with Crippen LogP contribution in [0.3, 0.4) is 0 Å². The molecule has 0 heterocycles. The first-order valence-corrected chi connectivity index (χ1v) is 7.43. The Bertz CT molecular complexity index is 634. The minimum Gasteiger partial charge on any atom is -0.494 e. The molecule has 2 aromatic carbocycles. The molecule has 112 valence electrons. The van der Waals surface area contributed by atoms with E-state index in [1.807, 2.05) is 25.1 Å². The van der Waals surface area contributed by atoms with Gasteiger partial charge in [0.2, 0.25) is 0 Å². The van der Waals surface area contributed by atoms with Crippen LogP contribution in [0.25, 0.3) is 0 Å². The minimum atomic E-state index is -0.862. The molecular weight excluding hydrogens is 340 g/mol. The molecule has 2 aromatic rings. The predicted octanol–water partition coefficient (Wildman–Crippen LogP) is 4.37. The molecule has 1 unspecified atom stereocenters. The Kier molecular flexibility index (Phi) is 5.31. The van der Waals surface area contributed by atoms with Gasteiger partial charge in [-0.1, -0.05) is 28.1 Å². The molecule has 0 aliphatic rings. The summed E-state index contributed by atoms with van der Waals surface area (Å²) in [5, 5.41) is 0. The molecule has 2 rings (SSSR count). The average Bonchev–Trinajstić information content (AvgIpc) is 2.46. The monoisotopic (exact) mass is 355 g/mol. The van der Waals surface area contributed by atoms with Gasteiger partial charge in [-0.25, -0.2) is 8.78 Å².